The number of nitrogens with zero attached hydrogens (tertiary/aromatic N) is 1. The van der Waals surface area contributed by atoms with E-state index in [2.05, 4.69) is 10.2 Å². The molecule has 0 bridgehead atoms. The second-order valence-electron chi connectivity index (χ2n) is 6.57. The fourth-order valence-corrected chi connectivity index (χ4v) is 3.78. The predicted octanol–water partition coefficient (Wildman–Crippen LogP) is 1.83. The summed E-state index contributed by atoms with van der Waals surface area (Å²) in [5.74, 6) is 0.943. The number of likely N-dealkylation sites (tertiary alicyclic amines) is 1. The first kappa shape index (κ1) is 16.1. The van der Waals surface area contributed by atoms with Crippen molar-refractivity contribution in [3.63, 3.8) is 0 Å². The maximum Gasteiger partial charge on any atom is 0.222 e. The van der Waals surface area contributed by atoms with Gasteiger partial charge in [-0.05, 0) is 50.0 Å². The Morgan fingerprint density at radius 1 is 1.20 bits per heavy atom. The summed E-state index contributed by atoms with van der Waals surface area (Å²) in [5, 5.41) is 3.48. The van der Waals surface area contributed by atoms with Crippen LogP contribution in [0.15, 0.2) is 0 Å². The molecule has 1 spiro atoms. The molecule has 0 saturated carbocycles. The van der Waals surface area contributed by atoms with Gasteiger partial charge in [-0.2, -0.15) is 0 Å². The summed E-state index contributed by atoms with van der Waals surface area (Å²) in [7, 11) is 0. The minimum atomic E-state index is 0. The van der Waals surface area contributed by atoms with Gasteiger partial charge in [-0.25, -0.2) is 0 Å². The second-order valence-corrected chi connectivity index (χ2v) is 6.57. The monoisotopic (exact) mass is 302 g/mol. The summed E-state index contributed by atoms with van der Waals surface area (Å²) < 4.78 is 5.36. The second kappa shape index (κ2) is 7.10. The van der Waals surface area contributed by atoms with Crippen LogP contribution >= 0.6 is 12.4 Å². The van der Waals surface area contributed by atoms with E-state index in [1.165, 1.54) is 19.3 Å². The van der Waals surface area contributed by atoms with Gasteiger partial charge in [-0.1, -0.05) is 0 Å². The lowest BCUT2D eigenvalue weighted by atomic mass is 9.77. The summed E-state index contributed by atoms with van der Waals surface area (Å²) in [6.45, 7) is 5.96. The summed E-state index contributed by atoms with van der Waals surface area (Å²) >= 11 is 0. The van der Waals surface area contributed by atoms with Gasteiger partial charge >= 0.3 is 0 Å². The summed E-state index contributed by atoms with van der Waals surface area (Å²) in [4.78, 5) is 14.4. The molecule has 0 radical (unpaired) electrons. The van der Waals surface area contributed by atoms with Crippen molar-refractivity contribution in [1.29, 1.82) is 0 Å². The number of carbonyl (C=O) groups excluding carboxylic acids is 1. The van der Waals surface area contributed by atoms with E-state index in [4.69, 9.17) is 4.74 Å². The van der Waals surface area contributed by atoms with Gasteiger partial charge in [0.25, 0.3) is 0 Å². The van der Waals surface area contributed by atoms with Gasteiger partial charge in [0, 0.05) is 39.3 Å². The number of halogens is 1. The Kier molecular flexibility index (Phi) is 5.70. The Hall–Kier alpha value is -0.320. The minimum absolute atomic E-state index is 0. The molecule has 3 fully saturated rings. The first-order valence-electron chi connectivity index (χ1n) is 7.84. The van der Waals surface area contributed by atoms with Gasteiger partial charge in [0.2, 0.25) is 5.91 Å². The maximum atomic E-state index is 12.3. The molecule has 0 aromatic carbocycles. The minimum Gasteiger partial charge on any atom is -0.381 e. The molecule has 0 unspecified atom stereocenters. The normalized spacial score (nSPS) is 26.5. The third kappa shape index (κ3) is 3.66. The van der Waals surface area contributed by atoms with Crippen LogP contribution in [0.3, 0.4) is 0 Å². The third-order valence-electron chi connectivity index (χ3n) is 5.31. The van der Waals surface area contributed by atoms with Gasteiger partial charge < -0.3 is 15.0 Å². The number of ether oxygens (including phenoxy) is 1. The molecule has 0 atom stereocenters. The largest absolute Gasteiger partial charge is 0.381 e. The molecule has 20 heavy (non-hydrogen) atoms. The van der Waals surface area contributed by atoms with Crippen molar-refractivity contribution < 1.29 is 9.53 Å². The van der Waals surface area contributed by atoms with E-state index in [0.717, 1.165) is 58.7 Å². The smallest absolute Gasteiger partial charge is 0.222 e. The van der Waals surface area contributed by atoms with E-state index in [0.29, 0.717) is 17.2 Å². The van der Waals surface area contributed by atoms with E-state index in [1.807, 2.05) is 0 Å². The highest BCUT2D eigenvalue weighted by Crippen LogP contribution is 2.37. The zero-order chi connectivity index (χ0) is 13.1. The molecule has 3 aliphatic heterocycles. The van der Waals surface area contributed by atoms with Crippen LogP contribution in [0.25, 0.3) is 0 Å². The number of hydrogen-bond acceptors (Lipinski definition) is 3. The molecule has 116 valence electrons. The van der Waals surface area contributed by atoms with Crippen LogP contribution in [0, 0.1) is 11.3 Å². The molecule has 0 aliphatic carbocycles. The molecule has 3 rings (SSSR count). The van der Waals surface area contributed by atoms with Gasteiger partial charge in [0.05, 0.1) is 0 Å². The molecule has 0 aromatic heterocycles. The predicted molar refractivity (Wildman–Crippen MR) is 81.1 cm³/mol. The quantitative estimate of drug-likeness (QED) is 0.846. The zero-order valence-corrected chi connectivity index (χ0v) is 13.1. The lowest BCUT2D eigenvalue weighted by Gasteiger charge is -2.39. The van der Waals surface area contributed by atoms with Crippen LogP contribution in [0.2, 0.25) is 0 Å². The van der Waals surface area contributed by atoms with Crippen molar-refractivity contribution >= 4 is 18.3 Å². The van der Waals surface area contributed by atoms with Crippen molar-refractivity contribution in [3.05, 3.63) is 0 Å². The highest BCUT2D eigenvalue weighted by Gasteiger charge is 2.38. The summed E-state index contributed by atoms with van der Waals surface area (Å²) in [6, 6.07) is 0. The Labute approximate surface area is 128 Å². The zero-order valence-electron chi connectivity index (χ0n) is 12.2. The van der Waals surface area contributed by atoms with Gasteiger partial charge in [-0.15, -0.1) is 12.4 Å². The van der Waals surface area contributed by atoms with Crippen LogP contribution in [-0.4, -0.2) is 50.2 Å². The van der Waals surface area contributed by atoms with E-state index in [1.54, 1.807) is 0 Å². The number of hydrogen-bond donors (Lipinski definition) is 1. The van der Waals surface area contributed by atoms with Crippen LogP contribution in [0.4, 0.5) is 0 Å². The fraction of sp³-hybridized carbons (Fsp3) is 0.933. The maximum absolute atomic E-state index is 12.3. The van der Waals surface area contributed by atoms with Crippen molar-refractivity contribution in [2.45, 2.75) is 38.5 Å². The average molecular weight is 303 g/mol. The molecule has 3 saturated heterocycles. The lowest BCUT2D eigenvalue weighted by molar-refractivity contribution is -0.135. The fourth-order valence-electron chi connectivity index (χ4n) is 3.78. The third-order valence-corrected chi connectivity index (χ3v) is 5.31. The number of carbonyl (C=O) groups is 1. The summed E-state index contributed by atoms with van der Waals surface area (Å²) in [5.41, 5.74) is 0.509. The van der Waals surface area contributed by atoms with Crippen molar-refractivity contribution in [2.75, 3.05) is 39.4 Å². The SMILES string of the molecule is Cl.O=C(CC1CCOCC1)N1CCC2(CCNC2)CC1. The Morgan fingerprint density at radius 2 is 1.90 bits per heavy atom. The van der Waals surface area contributed by atoms with Crippen molar-refractivity contribution in [3.8, 4) is 0 Å². The number of rotatable bonds is 2. The lowest BCUT2D eigenvalue weighted by Crippen LogP contribution is -2.44. The molecule has 5 heteroatoms. The average Bonchev–Trinajstić information content (AvgIpc) is 2.89. The number of piperidine rings is 1. The van der Waals surface area contributed by atoms with Crippen molar-refractivity contribution in [2.24, 2.45) is 11.3 Å². The van der Waals surface area contributed by atoms with E-state index >= 15 is 0 Å². The Bertz CT molecular complexity index is 316. The van der Waals surface area contributed by atoms with Crippen molar-refractivity contribution in [1.82, 2.24) is 10.2 Å². The first-order valence-corrected chi connectivity index (χ1v) is 7.84. The molecule has 3 aliphatic rings. The molecule has 1 N–H and O–H groups in total. The van der Waals surface area contributed by atoms with Crippen LogP contribution in [-0.2, 0) is 9.53 Å². The van der Waals surface area contributed by atoms with Gasteiger partial charge in [-0.3, -0.25) is 4.79 Å². The number of amides is 1. The highest BCUT2D eigenvalue weighted by molar-refractivity contribution is 5.85. The molecule has 3 heterocycles. The topological polar surface area (TPSA) is 41.6 Å². The molecular formula is C15H27ClN2O2. The van der Waals surface area contributed by atoms with Crippen LogP contribution < -0.4 is 5.32 Å². The van der Waals surface area contributed by atoms with E-state index in [9.17, 15) is 4.79 Å². The Balaban J connectivity index is 0.00000147. The van der Waals surface area contributed by atoms with E-state index in [-0.39, 0.29) is 12.4 Å². The molecule has 4 nitrogen and oxygen atoms in total. The van der Waals surface area contributed by atoms with Gasteiger partial charge in [0.15, 0.2) is 0 Å². The number of nitrogens with one attached hydrogen (secondary N) is 1. The Morgan fingerprint density at radius 3 is 2.50 bits per heavy atom. The summed E-state index contributed by atoms with van der Waals surface area (Å²) in [6.07, 6.45) is 6.56. The highest BCUT2D eigenvalue weighted by atomic mass is 35.5. The molecule has 1 amide bonds. The molecular weight excluding hydrogens is 276 g/mol. The van der Waals surface area contributed by atoms with Crippen LogP contribution in [0.5, 0.6) is 0 Å². The van der Waals surface area contributed by atoms with Crippen LogP contribution in [0.1, 0.15) is 38.5 Å². The molecule has 0 aromatic rings. The van der Waals surface area contributed by atoms with E-state index < -0.39 is 0 Å². The first-order chi connectivity index (χ1) is 9.27. The standard InChI is InChI=1S/C15H26N2O2.ClH/c18-14(11-13-1-9-19-10-2-13)17-7-4-15(5-8-17)3-6-16-12-15;/h13,16H,1-12H2;1H. The van der Waals surface area contributed by atoms with Gasteiger partial charge in [0.1, 0.15) is 0 Å².